The number of benzene rings is 1. The summed E-state index contributed by atoms with van der Waals surface area (Å²) in [6, 6.07) is 4.40. The maximum absolute atomic E-state index is 12.5. The number of aliphatic carboxylic acids is 1. The van der Waals surface area contributed by atoms with Crippen LogP contribution in [0.4, 0.5) is 11.4 Å². The maximum atomic E-state index is 12.5. The van der Waals surface area contributed by atoms with Crippen LogP contribution in [0.5, 0.6) is 0 Å². The van der Waals surface area contributed by atoms with Gasteiger partial charge in [0.15, 0.2) is 0 Å². The Morgan fingerprint density at radius 3 is 2.48 bits per heavy atom. The Labute approximate surface area is 132 Å². The summed E-state index contributed by atoms with van der Waals surface area (Å²) >= 11 is 0. The Morgan fingerprint density at radius 1 is 1.22 bits per heavy atom. The number of fused-ring (bicyclic) bond motifs is 2. The van der Waals surface area contributed by atoms with Gasteiger partial charge in [0.05, 0.1) is 10.8 Å². The van der Waals surface area contributed by atoms with Gasteiger partial charge in [-0.15, -0.1) is 0 Å². The highest BCUT2D eigenvalue weighted by Crippen LogP contribution is 2.48. The summed E-state index contributed by atoms with van der Waals surface area (Å²) in [4.78, 5) is 34.3. The van der Waals surface area contributed by atoms with Crippen molar-refractivity contribution < 1.29 is 19.6 Å². The van der Waals surface area contributed by atoms with E-state index < -0.39 is 28.6 Å². The first-order chi connectivity index (χ1) is 10.9. The first-order valence-electron chi connectivity index (χ1n) is 7.33. The van der Waals surface area contributed by atoms with Crippen molar-refractivity contribution in [1.29, 1.82) is 0 Å². The minimum atomic E-state index is -1.23. The van der Waals surface area contributed by atoms with Crippen LogP contribution in [-0.2, 0) is 9.59 Å². The predicted octanol–water partition coefficient (Wildman–Crippen LogP) is 1.03. The monoisotopic (exact) mass is 315 g/mol. The van der Waals surface area contributed by atoms with E-state index in [1.807, 2.05) is 12.2 Å². The van der Waals surface area contributed by atoms with Crippen LogP contribution in [-0.4, -0.2) is 16.8 Å². The van der Waals surface area contributed by atoms with Crippen molar-refractivity contribution in [2.24, 2.45) is 23.7 Å². The van der Waals surface area contributed by atoms with E-state index in [2.05, 4.69) is 5.32 Å². The number of rotatable bonds is 4. The van der Waals surface area contributed by atoms with Gasteiger partial charge in [0.25, 0.3) is 5.69 Å². The fourth-order valence-corrected chi connectivity index (χ4v) is 3.61. The van der Waals surface area contributed by atoms with Crippen LogP contribution >= 0.6 is 0 Å². The average molecular weight is 315 g/mol. The summed E-state index contributed by atoms with van der Waals surface area (Å²) in [5.74, 6) is -3.50. The molecule has 2 aliphatic carbocycles. The van der Waals surface area contributed by atoms with Crippen molar-refractivity contribution in [3.63, 3.8) is 0 Å². The molecule has 0 radical (unpaired) electrons. The number of carboxylic acid groups (broad SMARTS) is 1. The molecule has 23 heavy (non-hydrogen) atoms. The standard InChI is InChI=1S/C16H16N2O5/c1-8-2-5-11(7-12(8)18(22)23)17-15(19)13-9-3-4-10(6-9)14(13)16(20)21/h2-5,7,9-10,13-14H,6H2,1H3,(H,17,19)(H,20,21)/p-1/t9-,10+,13+,14+/m1/s1. The molecule has 1 N–H and O–H groups in total. The molecular weight excluding hydrogens is 300 g/mol. The Hall–Kier alpha value is -2.70. The number of allylic oxidation sites excluding steroid dienone is 2. The lowest BCUT2D eigenvalue weighted by Crippen LogP contribution is -2.42. The zero-order valence-corrected chi connectivity index (χ0v) is 12.4. The Balaban J connectivity index is 1.82. The van der Waals surface area contributed by atoms with E-state index in [1.165, 1.54) is 6.07 Å². The zero-order valence-electron chi connectivity index (χ0n) is 12.4. The molecule has 4 atom stereocenters. The number of hydrogen-bond donors (Lipinski definition) is 1. The van der Waals surface area contributed by atoms with Gasteiger partial charge in [-0.3, -0.25) is 14.9 Å². The molecule has 0 aliphatic heterocycles. The minimum absolute atomic E-state index is 0.0907. The van der Waals surface area contributed by atoms with Gasteiger partial charge < -0.3 is 15.2 Å². The third-order valence-electron chi connectivity index (χ3n) is 4.71. The first kappa shape index (κ1) is 15.2. The fourth-order valence-electron chi connectivity index (χ4n) is 3.61. The predicted molar refractivity (Wildman–Crippen MR) is 79.2 cm³/mol. The Kier molecular flexibility index (Phi) is 3.63. The van der Waals surface area contributed by atoms with Crippen LogP contribution in [0.3, 0.4) is 0 Å². The molecule has 2 aliphatic rings. The number of nitro groups is 1. The fraction of sp³-hybridized carbons (Fsp3) is 0.375. The van der Waals surface area contributed by atoms with Gasteiger partial charge in [0.1, 0.15) is 0 Å². The Morgan fingerprint density at radius 2 is 1.87 bits per heavy atom. The second kappa shape index (κ2) is 5.49. The van der Waals surface area contributed by atoms with E-state index in [1.54, 1.807) is 19.1 Å². The molecule has 3 rings (SSSR count). The second-order valence-corrected chi connectivity index (χ2v) is 6.07. The highest BCUT2D eigenvalue weighted by molar-refractivity contribution is 5.96. The van der Waals surface area contributed by atoms with Gasteiger partial charge >= 0.3 is 0 Å². The first-order valence-corrected chi connectivity index (χ1v) is 7.33. The summed E-state index contributed by atoms with van der Waals surface area (Å²) in [6.45, 7) is 1.61. The topological polar surface area (TPSA) is 112 Å². The smallest absolute Gasteiger partial charge is 0.274 e. The minimum Gasteiger partial charge on any atom is -0.550 e. The number of nitrogens with zero attached hydrogens (tertiary/aromatic N) is 1. The lowest BCUT2D eigenvalue weighted by Gasteiger charge is -2.27. The molecule has 1 saturated carbocycles. The highest BCUT2D eigenvalue weighted by atomic mass is 16.6. The van der Waals surface area contributed by atoms with E-state index >= 15 is 0 Å². The molecule has 2 bridgehead atoms. The van der Waals surface area contributed by atoms with Crippen LogP contribution < -0.4 is 10.4 Å². The highest BCUT2D eigenvalue weighted by Gasteiger charge is 2.48. The Bertz CT molecular complexity index is 727. The number of carbonyl (C=O) groups excluding carboxylic acids is 2. The molecule has 0 spiro atoms. The summed E-state index contributed by atoms with van der Waals surface area (Å²) < 4.78 is 0. The second-order valence-electron chi connectivity index (χ2n) is 6.07. The lowest BCUT2D eigenvalue weighted by atomic mass is 9.82. The molecule has 0 aromatic heterocycles. The molecule has 7 nitrogen and oxygen atoms in total. The van der Waals surface area contributed by atoms with Crippen LogP contribution in [0.25, 0.3) is 0 Å². The number of anilines is 1. The zero-order chi connectivity index (χ0) is 16.7. The third-order valence-corrected chi connectivity index (χ3v) is 4.71. The number of nitro benzene ring substituents is 1. The molecule has 1 aromatic rings. The van der Waals surface area contributed by atoms with E-state index in [0.29, 0.717) is 12.0 Å². The molecule has 7 heteroatoms. The molecule has 1 aromatic carbocycles. The van der Waals surface area contributed by atoms with Gasteiger partial charge in [-0.2, -0.15) is 0 Å². The van der Waals surface area contributed by atoms with Gasteiger partial charge in [0.2, 0.25) is 5.91 Å². The van der Waals surface area contributed by atoms with E-state index in [4.69, 9.17) is 0 Å². The van der Waals surface area contributed by atoms with Crippen LogP contribution in [0.1, 0.15) is 12.0 Å². The number of amides is 1. The quantitative estimate of drug-likeness (QED) is 0.506. The SMILES string of the molecule is Cc1ccc(NC(=O)[C@@H]2[C@@H](C(=O)[O-])[C@H]3C=C[C@@H]2C3)cc1[N+](=O)[O-]. The average Bonchev–Trinajstić information content (AvgIpc) is 3.09. The molecule has 0 heterocycles. The number of carbonyl (C=O) groups is 2. The van der Waals surface area contributed by atoms with Crippen LogP contribution in [0, 0.1) is 40.7 Å². The number of aryl methyl sites for hydroxylation is 1. The van der Waals surface area contributed by atoms with Crippen molar-refractivity contribution in [3.05, 3.63) is 46.0 Å². The summed E-state index contributed by atoms with van der Waals surface area (Å²) in [5.41, 5.74) is 0.687. The van der Waals surface area contributed by atoms with Crippen LogP contribution in [0.2, 0.25) is 0 Å². The largest absolute Gasteiger partial charge is 0.550 e. The number of nitrogens with one attached hydrogen (secondary N) is 1. The van der Waals surface area contributed by atoms with Crippen molar-refractivity contribution in [2.75, 3.05) is 5.32 Å². The number of hydrogen-bond acceptors (Lipinski definition) is 5. The van der Waals surface area contributed by atoms with Gasteiger partial charge in [-0.1, -0.05) is 18.2 Å². The molecule has 0 saturated heterocycles. The van der Waals surface area contributed by atoms with Gasteiger partial charge in [0, 0.05) is 29.2 Å². The molecule has 1 fully saturated rings. The van der Waals surface area contributed by atoms with Gasteiger partial charge in [-0.05, 0) is 31.2 Å². The van der Waals surface area contributed by atoms with Gasteiger partial charge in [-0.25, -0.2) is 0 Å². The van der Waals surface area contributed by atoms with E-state index in [-0.39, 0.29) is 23.2 Å². The summed E-state index contributed by atoms with van der Waals surface area (Å²) in [7, 11) is 0. The molecular formula is C16H15N2O5-. The van der Waals surface area contributed by atoms with Crippen molar-refractivity contribution in [1.82, 2.24) is 0 Å². The summed E-state index contributed by atoms with van der Waals surface area (Å²) in [5, 5.41) is 24.9. The van der Waals surface area contributed by atoms with Crippen LogP contribution in [0.15, 0.2) is 30.4 Å². The molecule has 0 unspecified atom stereocenters. The molecule has 120 valence electrons. The third kappa shape index (κ3) is 2.58. The van der Waals surface area contributed by atoms with Crippen molar-refractivity contribution in [3.8, 4) is 0 Å². The van der Waals surface area contributed by atoms with E-state index in [9.17, 15) is 24.8 Å². The number of carboxylic acids is 1. The maximum Gasteiger partial charge on any atom is 0.274 e. The summed E-state index contributed by atoms with van der Waals surface area (Å²) in [6.07, 6.45) is 4.32. The molecule has 1 amide bonds. The lowest BCUT2D eigenvalue weighted by molar-refractivity contribution is -0.385. The van der Waals surface area contributed by atoms with E-state index in [0.717, 1.165) is 0 Å². The van der Waals surface area contributed by atoms with Crippen molar-refractivity contribution in [2.45, 2.75) is 13.3 Å². The normalized spacial score (nSPS) is 27.9. The van der Waals surface area contributed by atoms with Crippen molar-refractivity contribution >= 4 is 23.3 Å².